The van der Waals surface area contributed by atoms with Gasteiger partial charge in [0.1, 0.15) is 22.9 Å². The molecule has 1 aliphatic heterocycles. The molecule has 2 aromatic heterocycles. The second kappa shape index (κ2) is 8.41. The third kappa shape index (κ3) is 3.67. The van der Waals surface area contributed by atoms with Crippen LogP contribution in [0.1, 0.15) is 56.7 Å². The van der Waals surface area contributed by atoms with Gasteiger partial charge in [-0.2, -0.15) is 5.10 Å². The van der Waals surface area contributed by atoms with Crippen LogP contribution in [0.3, 0.4) is 0 Å². The number of anilines is 1. The number of benzene rings is 1. The Labute approximate surface area is 186 Å². The summed E-state index contributed by atoms with van der Waals surface area (Å²) in [7, 11) is 1.62. The number of aryl methyl sites for hydroxylation is 1. The number of fused-ring (bicyclic) bond motifs is 1. The van der Waals surface area contributed by atoms with Crippen LogP contribution >= 0.6 is 0 Å². The first kappa shape index (κ1) is 20.7. The smallest absolute Gasteiger partial charge is 0.277 e. The summed E-state index contributed by atoms with van der Waals surface area (Å²) >= 11 is 0. The van der Waals surface area contributed by atoms with Crippen molar-refractivity contribution in [3.63, 3.8) is 0 Å². The lowest BCUT2D eigenvalue weighted by atomic mass is 9.95. The predicted octanol–water partition coefficient (Wildman–Crippen LogP) is 3.78. The monoisotopic (exact) mass is 435 g/mol. The van der Waals surface area contributed by atoms with Gasteiger partial charge in [-0.05, 0) is 31.9 Å². The molecule has 32 heavy (non-hydrogen) atoms. The van der Waals surface area contributed by atoms with E-state index in [1.165, 1.54) is 19.3 Å². The summed E-state index contributed by atoms with van der Waals surface area (Å²) in [6.07, 6.45) is 6.83. The Hall–Kier alpha value is -3.16. The van der Waals surface area contributed by atoms with Crippen molar-refractivity contribution in [2.24, 2.45) is 0 Å². The van der Waals surface area contributed by atoms with Gasteiger partial charge < -0.3 is 14.6 Å². The van der Waals surface area contributed by atoms with E-state index in [1.807, 2.05) is 29.8 Å². The fourth-order valence-corrected chi connectivity index (χ4v) is 4.99. The number of aromatic nitrogens is 4. The van der Waals surface area contributed by atoms with Gasteiger partial charge in [-0.15, -0.1) is 0 Å². The highest BCUT2D eigenvalue weighted by Crippen LogP contribution is 2.34. The third-order valence-electron chi connectivity index (χ3n) is 6.77. The Morgan fingerprint density at radius 1 is 1.09 bits per heavy atom. The van der Waals surface area contributed by atoms with E-state index in [2.05, 4.69) is 9.88 Å². The molecule has 1 saturated heterocycles. The second-order valence-electron chi connectivity index (χ2n) is 8.84. The van der Waals surface area contributed by atoms with Crippen LogP contribution in [0.25, 0.3) is 22.4 Å². The van der Waals surface area contributed by atoms with Crippen molar-refractivity contribution < 1.29 is 9.53 Å². The van der Waals surface area contributed by atoms with Gasteiger partial charge in [0.2, 0.25) is 0 Å². The van der Waals surface area contributed by atoms with Crippen LogP contribution in [-0.2, 0) is 4.79 Å². The molecule has 5 rings (SSSR count). The zero-order valence-electron chi connectivity index (χ0n) is 18.7. The zero-order valence-corrected chi connectivity index (χ0v) is 18.7. The lowest BCUT2D eigenvalue weighted by Crippen LogP contribution is -2.33. The molecule has 0 bridgehead atoms. The number of aromatic amines is 1. The normalized spacial score (nSPS) is 17.8. The van der Waals surface area contributed by atoms with E-state index in [1.54, 1.807) is 7.11 Å². The highest BCUT2D eigenvalue weighted by atomic mass is 16.5. The molecule has 1 aliphatic carbocycles. The Balaban J connectivity index is 1.54. The molecule has 1 N–H and O–H groups in total. The molecular formula is C24H29N5O3. The zero-order chi connectivity index (χ0) is 22.2. The maximum atomic E-state index is 13.2. The van der Waals surface area contributed by atoms with Gasteiger partial charge in [0, 0.05) is 37.7 Å². The second-order valence-corrected chi connectivity index (χ2v) is 8.84. The number of nitrogens with one attached hydrogen (secondary N) is 1. The van der Waals surface area contributed by atoms with Gasteiger partial charge in [-0.1, -0.05) is 19.3 Å². The molecule has 1 saturated carbocycles. The average molecular weight is 436 g/mol. The molecule has 3 heterocycles. The van der Waals surface area contributed by atoms with Crippen LogP contribution in [0, 0.1) is 6.92 Å². The van der Waals surface area contributed by atoms with Crippen LogP contribution in [0.15, 0.2) is 23.0 Å². The van der Waals surface area contributed by atoms with Crippen LogP contribution in [-0.4, -0.2) is 45.7 Å². The van der Waals surface area contributed by atoms with E-state index in [-0.39, 0.29) is 11.6 Å². The average Bonchev–Trinajstić information content (AvgIpc) is 3.16. The number of carbonyl (C=O) groups is 1. The topological polar surface area (TPSA) is 93.1 Å². The molecule has 8 heteroatoms. The lowest BCUT2D eigenvalue weighted by molar-refractivity contribution is -0.119. The molecule has 168 valence electrons. The lowest BCUT2D eigenvalue weighted by Gasteiger charge is -2.28. The van der Waals surface area contributed by atoms with Crippen LogP contribution in [0.5, 0.6) is 5.75 Å². The summed E-state index contributed by atoms with van der Waals surface area (Å²) in [5.74, 6) is 1.43. The highest BCUT2D eigenvalue weighted by molar-refractivity contribution is 5.82. The number of hydrogen-bond donors (Lipinski definition) is 1. The summed E-state index contributed by atoms with van der Waals surface area (Å²) in [4.78, 5) is 34.7. The number of carbonyl (C=O) groups excluding carboxylic acids is 1. The van der Waals surface area contributed by atoms with Crippen molar-refractivity contribution in [3.05, 3.63) is 34.2 Å². The van der Waals surface area contributed by atoms with E-state index in [0.717, 1.165) is 29.8 Å². The summed E-state index contributed by atoms with van der Waals surface area (Å²) in [5.41, 5.74) is 3.54. The number of hydrogen-bond acceptors (Lipinski definition) is 6. The van der Waals surface area contributed by atoms with Gasteiger partial charge in [0.15, 0.2) is 5.52 Å². The van der Waals surface area contributed by atoms with Crippen LogP contribution in [0.4, 0.5) is 5.69 Å². The fourth-order valence-electron chi connectivity index (χ4n) is 4.99. The van der Waals surface area contributed by atoms with Gasteiger partial charge in [0.05, 0.1) is 24.4 Å². The van der Waals surface area contributed by atoms with Gasteiger partial charge >= 0.3 is 0 Å². The number of methoxy groups -OCH3 is 1. The molecule has 0 radical (unpaired) electrons. The molecule has 0 spiro atoms. The molecule has 2 fully saturated rings. The van der Waals surface area contributed by atoms with Gasteiger partial charge in [-0.25, -0.2) is 4.98 Å². The number of piperidine rings is 1. The standard InChI is InChI=1S/C24H29N5O3/c1-15-21-22(29(27-15)16-6-4-3-5-7-16)24(31)26-23(25-21)19-9-8-17(14-20(19)32-2)28-12-10-18(30)11-13-28/h8-9,14,16H,3-7,10-13H2,1-2H3,(H,25,26,31). The van der Waals surface area contributed by atoms with E-state index >= 15 is 0 Å². The highest BCUT2D eigenvalue weighted by Gasteiger charge is 2.24. The minimum atomic E-state index is -0.170. The van der Waals surface area contributed by atoms with Crippen molar-refractivity contribution in [2.75, 3.05) is 25.1 Å². The molecule has 2 aliphatic rings. The molecule has 8 nitrogen and oxygen atoms in total. The quantitative estimate of drug-likeness (QED) is 0.670. The minimum absolute atomic E-state index is 0.170. The van der Waals surface area contributed by atoms with Gasteiger partial charge in [0.25, 0.3) is 5.56 Å². The molecule has 0 amide bonds. The largest absolute Gasteiger partial charge is 0.496 e. The SMILES string of the molecule is COc1cc(N2CCC(=O)CC2)ccc1-c1nc2c(C)nn(C3CCCCC3)c2c(=O)[nH]1. The van der Waals surface area contributed by atoms with E-state index in [0.29, 0.717) is 54.3 Å². The van der Waals surface area contributed by atoms with E-state index in [4.69, 9.17) is 14.8 Å². The van der Waals surface area contributed by atoms with Crippen molar-refractivity contribution in [1.82, 2.24) is 19.7 Å². The predicted molar refractivity (Wildman–Crippen MR) is 123 cm³/mol. The molecule has 0 unspecified atom stereocenters. The molecule has 1 aromatic carbocycles. The van der Waals surface area contributed by atoms with Crippen molar-refractivity contribution in [1.29, 1.82) is 0 Å². The van der Waals surface area contributed by atoms with Crippen molar-refractivity contribution in [2.45, 2.75) is 57.9 Å². The Kier molecular flexibility index (Phi) is 5.45. The van der Waals surface area contributed by atoms with E-state index < -0.39 is 0 Å². The number of ether oxygens (including phenoxy) is 1. The summed E-state index contributed by atoms with van der Waals surface area (Å²) in [6.45, 7) is 3.33. The Bertz CT molecular complexity index is 1210. The molecule has 0 atom stereocenters. The first-order chi connectivity index (χ1) is 15.5. The number of rotatable bonds is 4. The first-order valence-corrected chi connectivity index (χ1v) is 11.5. The molecule has 3 aromatic rings. The minimum Gasteiger partial charge on any atom is -0.496 e. The first-order valence-electron chi connectivity index (χ1n) is 11.5. The van der Waals surface area contributed by atoms with Gasteiger partial charge in [-0.3, -0.25) is 14.3 Å². The third-order valence-corrected chi connectivity index (χ3v) is 6.77. The maximum Gasteiger partial charge on any atom is 0.277 e. The van der Waals surface area contributed by atoms with E-state index in [9.17, 15) is 9.59 Å². The number of nitrogens with zero attached hydrogens (tertiary/aromatic N) is 4. The van der Waals surface area contributed by atoms with Crippen molar-refractivity contribution >= 4 is 22.5 Å². The number of H-pyrrole nitrogens is 1. The fraction of sp³-hybridized carbons (Fsp3) is 0.500. The Morgan fingerprint density at radius 2 is 1.84 bits per heavy atom. The molecular weight excluding hydrogens is 406 g/mol. The Morgan fingerprint density at radius 3 is 2.56 bits per heavy atom. The number of Topliss-reactive ketones (excluding diaryl/α,β-unsaturated/α-hetero) is 1. The maximum absolute atomic E-state index is 13.2. The number of ketones is 1. The van der Waals surface area contributed by atoms with Crippen LogP contribution < -0.4 is 15.2 Å². The summed E-state index contributed by atoms with van der Waals surface area (Å²) in [5, 5.41) is 4.70. The van der Waals surface area contributed by atoms with Crippen molar-refractivity contribution in [3.8, 4) is 17.1 Å². The van der Waals surface area contributed by atoms with Crippen LogP contribution in [0.2, 0.25) is 0 Å². The summed E-state index contributed by atoms with van der Waals surface area (Å²) < 4.78 is 7.56. The summed E-state index contributed by atoms with van der Waals surface area (Å²) in [6, 6.07) is 6.14.